The Morgan fingerprint density at radius 1 is 0.672 bits per heavy atom. The van der Waals surface area contributed by atoms with Crippen LogP contribution in [0.2, 0.25) is 0 Å². The molecule has 342 valence electrons. The molecule has 4 aromatic rings. The number of likely N-dealkylation sites (tertiary alicyclic amines) is 2. The van der Waals surface area contributed by atoms with Gasteiger partial charge in [0.05, 0.1) is 56.7 Å². The third-order valence-corrected chi connectivity index (χ3v) is 13.5. The molecular formula is C47H60N8O9. The van der Waals surface area contributed by atoms with Gasteiger partial charge in [-0.1, -0.05) is 48.5 Å². The molecule has 4 aliphatic rings. The molecule has 4 fully saturated rings. The summed E-state index contributed by atoms with van der Waals surface area (Å²) in [5, 5.41) is 5.66. The first-order chi connectivity index (χ1) is 31.1. The van der Waals surface area contributed by atoms with E-state index in [1.807, 2.05) is 22.9 Å². The molecule has 4 saturated heterocycles. The molecule has 2 aromatic heterocycles. The number of benzene rings is 2. The smallest absolute Gasteiger partial charge is 0.407 e. The van der Waals surface area contributed by atoms with Crippen LogP contribution in [0.15, 0.2) is 60.9 Å². The van der Waals surface area contributed by atoms with E-state index in [9.17, 15) is 19.2 Å². The zero-order valence-corrected chi connectivity index (χ0v) is 37.0. The Labute approximate surface area is 373 Å². The summed E-state index contributed by atoms with van der Waals surface area (Å²) in [6.45, 7) is 5.21. The fraction of sp³-hybridized carbons (Fsp3) is 0.532. The number of hydrogen-bond donors (Lipinski definition) is 4. The van der Waals surface area contributed by atoms with Gasteiger partial charge in [-0.15, -0.1) is 0 Å². The summed E-state index contributed by atoms with van der Waals surface area (Å²) in [7, 11) is 4.27. The lowest BCUT2D eigenvalue weighted by Crippen LogP contribution is -2.54. The summed E-state index contributed by atoms with van der Waals surface area (Å²) in [6, 6.07) is 14.5. The van der Waals surface area contributed by atoms with Gasteiger partial charge in [-0.25, -0.2) is 19.6 Å². The van der Waals surface area contributed by atoms with Crippen LogP contribution < -0.4 is 10.6 Å². The van der Waals surface area contributed by atoms with E-state index in [4.69, 9.17) is 33.7 Å². The fourth-order valence-corrected chi connectivity index (χ4v) is 9.97. The molecule has 6 heterocycles. The lowest BCUT2D eigenvalue weighted by atomic mass is 9.90. The van der Waals surface area contributed by atoms with Gasteiger partial charge in [0.25, 0.3) is 0 Å². The van der Waals surface area contributed by atoms with Gasteiger partial charge in [0.2, 0.25) is 11.8 Å². The molecule has 6 unspecified atom stereocenters. The second-order valence-corrected chi connectivity index (χ2v) is 17.4. The van der Waals surface area contributed by atoms with Crippen LogP contribution in [-0.2, 0) is 33.3 Å². The number of H-pyrrole nitrogens is 2. The van der Waals surface area contributed by atoms with Crippen molar-refractivity contribution in [2.24, 2.45) is 17.8 Å². The van der Waals surface area contributed by atoms with Crippen molar-refractivity contribution < 1.29 is 42.9 Å². The molecule has 0 radical (unpaired) electrons. The van der Waals surface area contributed by atoms with E-state index in [0.717, 1.165) is 52.3 Å². The number of carbonyl (C=O) groups is 4. The highest BCUT2D eigenvalue weighted by atomic mass is 16.5. The number of rotatable bonds is 13. The van der Waals surface area contributed by atoms with E-state index in [1.165, 1.54) is 14.2 Å². The number of hydrogen-bond acceptors (Lipinski definition) is 11. The first-order valence-electron chi connectivity index (χ1n) is 22.4. The quantitative estimate of drug-likeness (QED) is 0.122. The highest BCUT2D eigenvalue weighted by Crippen LogP contribution is 2.39. The number of nitrogens with zero attached hydrogens (tertiary/aromatic N) is 4. The van der Waals surface area contributed by atoms with Crippen LogP contribution in [0.1, 0.15) is 75.6 Å². The molecule has 0 aliphatic carbocycles. The topological polar surface area (TPSA) is 202 Å². The molecule has 17 nitrogen and oxygen atoms in total. The SMILES string of the molecule is COCC1CC(c2ncc(-c3ccc(-c4ccc(-c5cnc(C6CCC(C)N6C(=O)C(NC(=O)OC)C6CCOCC6)[nH]5)cc4)cc3)[nH]2)N(C(=O)C(NC(=O)OC)C2CCOCC2)C1. The van der Waals surface area contributed by atoms with Crippen LogP contribution in [0.25, 0.3) is 33.6 Å². The molecule has 0 saturated carbocycles. The Bertz CT molecular complexity index is 2220. The van der Waals surface area contributed by atoms with Crippen LogP contribution in [-0.4, -0.2) is 133 Å². The minimum atomic E-state index is -0.739. The third kappa shape index (κ3) is 9.81. The number of nitrogens with one attached hydrogen (secondary N) is 4. The van der Waals surface area contributed by atoms with Crippen molar-refractivity contribution in [1.82, 2.24) is 40.4 Å². The molecule has 0 bridgehead atoms. The van der Waals surface area contributed by atoms with Gasteiger partial charge >= 0.3 is 12.2 Å². The second kappa shape index (κ2) is 20.4. The summed E-state index contributed by atoms with van der Waals surface area (Å²) in [5.74, 6) is 1.12. The first kappa shape index (κ1) is 44.8. The number of methoxy groups -OCH3 is 3. The molecule has 4 aliphatic heterocycles. The van der Waals surface area contributed by atoms with Gasteiger partial charge in [0.1, 0.15) is 23.7 Å². The maximum atomic E-state index is 14.3. The summed E-state index contributed by atoms with van der Waals surface area (Å²) in [4.78, 5) is 73.5. The number of imidazole rings is 2. The number of amides is 4. The van der Waals surface area contributed by atoms with Gasteiger partial charge in [-0.2, -0.15) is 0 Å². The summed E-state index contributed by atoms with van der Waals surface area (Å²) in [5.41, 5.74) is 5.69. The van der Waals surface area contributed by atoms with E-state index in [0.29, 0.717) is 77.5 Å². The van der Waals surface area contributed by atoms with Gasteiger partial charge < -0.3 is 54.1 Å². The summed E-state index contributed by atoms with van der Waals surface area (Å²) in [6.07, 6.45) is 7.32. The number of carbonyl (C=O) groups excluding carboxylic acids is 4. The van der Waals surface area contributed by atoms with Crippen LogP contribution in [0.5, 0.6) is 0 Å². The monoisotopic (exact) mass is 880 g/mol. The van der Waals surface area contributed by atoms with Crippen molar-refractivity contribution in [2.75, 3.05) is 60.9 Å². The Morgan fingerprint density at radius 2 is 1.14 bits per heavy atom. The number of aromatic amines is 2. The number of alkyl carbamates (subject to hydrolysis) is 2. The average molecular weight is 881 g/mol. The Kier molecular flexibility index (Phi) is 14.3. The lowest BCUT2D eigenvalue weighted by molar-refractivity contribution is -0.139. The van der Waals surface area contributed by atoms with Crippen molar-refractivity contribution in [3.8, 4) is 33.6 Å². The molecule has 4 amide bonds. The molecule has 2 aromatic carbocycles. The van der Waals surface area contributed by atoms with E-state index in [-0.39, 0.29) is 47.7 Å². The molecular weight excluding hydrogens is 821 g/mol. The maximum Gasteiger partial charge on any atom is 0.407 e. The Morgan fingerprint density at radius 3 is 1.62 bits per heavy atom. The van der Waals surface area contributed by atoms with Crippen molar-refractivity contribution in [3.63, 3.8) is 0 Å². The van der Waals surface area contributed by atoms with Gasteiger partial charge in [0.15, 0.2) is 0 Å². The molecule has 8 rings (SSSR count). The second-order valence-electron chi connectivity index (χ2n) is 17.4. The minimum Gasteiger partial charge on any atom is -0.453 e. The normalized spacial score (nSPS) is 22.8. The third-order valence-electron chi connectivity index (χ3n) is 13.5. The van der Waals surface area contributed by atoms with E-state index >= 15 is 0 Å². The van der Waals surface area contributed by atoms with E-state index in [2.05, 4.69) is 69.1 Å². The van der Waals surface area contributed by atoms with Crippen LogP contribution in [0.3, 0.4) is 0 Å². The zero-order chi connectivity index (χ0) is 44.7. The van der Waals surface area contributed by atoms with Gasteiger partial charge in [-0.3, -0.25) is 9.59 Å². The van der Waals surface area contributed by atoms with Crippen LogP contribution in [0, 0.1) is 17.8 Å². The van der Waals surface area contributed by atoms with Gasteiger partial charge in [0, 0.05) is 52.0 Å². The predicted octanol–water partition coefficient (Wildman–Crippen LogP) is 6.02. The lowest BCUT2D eigenvalue weighted by Gasteiger charge is -2.36. The average Bonchev–Trinajstić information content (AvgIpc) is 4.17. The van der Waals surface area contributed by atoms with Crippen molar-refractivity contribution >= 4 is 24.0 Å². The fourth-order valence-electron chi connectivity index (χ4n) is 9.97. The molecule has 4 N–H and O–H groups in total. The van der Waals surface area contributed by atoms with Crippen LogP contribution >= 0.6 is 0 Å². The molecule has 17 heteroatoms. The Hall–Kier alpha value is -5.78. The molecule has 6 atom stereocenters. The standard InChI is InChI=1S/C47H60N8O9/c1-28-5-14-38(55(28)45(57)41(53-47(59)62-4)35-17-21-64-22-18-35)42-48-24-36(50-42)32-10-6-30(7-11-32)31-8-12-33(13-9-31)37-25-49-43(51-37)39-23-29(27-60-2)26-54(39)44(56)40(52-46(58)61-3)34-15-19-63-20-16-34/h6-13,24-25,28-29,34-35,38-41H,5,14-23,26-27H2,1-4H3,(H,48,50)(H,49,51)(H,52,58)(H,53,59). The summed E-state index contributed by atoms with van der Waals surface area (Å²) < 4.78 is 26.4. The highest BCUT2D eigenvalue weighted by Gasteiger charge is 2.45. The van der Waals surface area contributed by atoms with Gasteiger partial charge in [-0.05, 0) is 86.0 Å². The largest absolute Gasteiger partial charge is 0.453 e. The van der Waals surface area contributed by atoms with Crippen molar-refractivity contribution in [1.29, 1.82) is 0 Å². The highest BCUT2D eigenvalue weighted by molar-refractivity contribution is 5.87. The molecule has 0 spiro atoms. The number of aromatic nitrogens is 4. The van der Waals surface area contributed by atoms with E-state index < -0.39 is 24.3 Å². The van der Waals surface area contributed by atoms with E-state index in [1.54, 1.807) is 13.3 Å². The number of ether oxygens (including phenoxy) is 5. The van der Waals surface area contributed by atoms with Crippen molar-refractivity contribution in [3.05, 3.63) is 72.6 Å². The first-order valence-corrected chi connectivity index (χ1v) is 22.4. The summed E-state index contributed by atoms with van der Waals surface area (Å²) >= 11 is 0. The molecule has 64 heavy (non-hydrogen) atoms. The maximum absolute atomic E-state index is 14.3. The minimum absolute atomic E-state index is 0.0190. The zero-order valence-electron chi connectivity index (χ0n) is 37.0. The van der Waals surface area contributed by atoms with Crippen LogP contribution in [0.4, 0.5) is 9.59 Å². The van der Waals surface area contributed by atoms with Crippen molar-refractivity contribution in [2.45, 2.75) is 82.1 Å². The Balaban J connectivity index is 0.941. The predicted molar refractivity (Wildman–Crippen MR) is 236 cm³/mol.